The molecule has 1 amide bonds. The molecule has 0 aliphatic rings. The minimum atomic E-state index is -0.950. The monoisotopic (exact) mass is 325 g/mol. The molecule has 2 rings (SSSR count). The molecule has 0 aromatic heterocycles. The molecule has 0 unspecified atom stereocenters. The first kappa shape index (κ1) is 13.7. The highest BCUT2D eigenvalue weighted by Crippen LogP contribution is 2.15. The number of hydrogen-bond donors (Lipinski definition) is 1. The predicted octanol–water partition coefficient (Wildman–Crippen LogP) is 3.91. The van der Waals surface area contributed by atoms with Crippen molar-refractivity contribution in [2.75, 3.05) is 5.32 Å². The Balaban J connectivity index is 2.01. The van der Waals surface area contributed by atoms with E-state index in [1.807, 2.05) is 0 Å². The molecule has 5 heteroatoms. The summed E-state index contributed by atoms with van der Waals surface area (Å²) in [5, 5.41) is 2.68. The second-order valence-corrected chi connectivity index (χ2v) is 4.90. The number of hydrogen-bond acceptors (Lipinski definition) is 1. The number of carbonyl (C=O) groups excluding carboxylic acids is 1. The van der Waals surface area contributed by atoms with Crippen LogP contribution in [0.2, 0.25) is 0 Å². The van der Waals surface area contributed by atoms with Crippen molar-refractivity contribution in [3.05, 3.63) is 64.1 Å². The lowest BCUT2D eigenvalue weighted by molar-refractivity contribution is -0.115. The molecule has 0 saturated heterocycles. The van der Waals surface area contributed by atoms with Gasteiger partial charge in [0, 0.05) is 10.2 Å². The lowest BCUT2D eigenvalue weighted by atomic mass is 10.1. The third-order valence-corrected chi connectivity index (χ3v) is 3.01. The first-order valence-corrected chi connectivity index (χ1v) is 6.33. The van der Waals surface area contributed by atoms with Gasteiger partial charge >= 0.3 is 0 Å². The maximum absolute atomic E-state index is 13.0. The van der Waals surface area contributed by atoms with Crippen LogP contribution < -0.4 is 5.32 Å². The van der Waals surface area contributed by atoms with E-state index in [0.29, 0.717) is 11.3 Å². The van der Waals surface area contributed by atoms with Crippen LogP contribution in [0.15, 0.2) is 46.9 Å². The normalized spacial score (nSPS) is 10.3. The van der Waals surface area contributed by atoms with E-state index in [0.717, 1.165) is 16.6 Å². The molecule has 2 nitrogen and oxygen atoms in total. The highest BCUT2D eigenvalue weighted by molar-refractivity contribution is 9.10. The molecule has 0 radical (unpaired) electrons. The molecular weight excluding hydrogens is 316 g/mol. The van der Waals surface area contributed by atoms with Crippen molar-refractivity contribution >= 4 is 27.5 Å². The Morgan fingerprint density at radius 2 is 1.74 bits per heavy atom. The average molecular weight is 326 g/mol. The zero-order chi connectivity index (χ0) is 13.8. The third kappa shape index (κ3) is 3.86. The zero-order valence-corrected chi connectivity index (χ0v) is 11.4. The smallest absolute Gasteiger partial charge is 0.228 e. The van der Waals surface area contributed by atoms with E-state index in [9.17, 15) is 13.6 Å². The topological polar surface area (TPSA) is 29.1 Å². The third-order valence-electron chi connectivity index (χ3n) is 2.48. The van der Waals surface area contributed by atoms with Gasteiger partial charge in [0.25, 0.3) is 0 Å². The van der Waals surface area contributed by atoms with Crippen LogP contribution >= 0.6 is 15.9 Å². The van der Waals surface area contributed by atoms with Crippen molar-refractivity contribution in [3.63, 3.8) is 0 Å². The Kier molecular flexibility index (Phi) is 4.27. The predicted molar refractivity (Wildman–Crippen MR) is 72.8 cm³/mol. The summed E-state index contributed by atoms with van der Waals surface area (Å²) in [6.45, 7) is 0. The van der Waals surface area contributed by atoms with Gasteiger partial charge in [0.05, 0.1) is 6.42 Å². The summed E-state index contributed by atoms with van der Waals surface area (Å²) in [4.78, 5) is 11.7. The van der Waals surface area contributed by atoms with Gasteiger partial charge in [-0.15, -0.1) is 0 Å². The van der Waals surface area contributed by atoms with Crippen LogP contribution in [0.5, 0.6) is 0 Å². The molecule has 2 aromatic carbocycles. The molecule has 0 bridgehead atoms. The summed E-state index contributed by atoms with van der Waals surface area (Å²) in [5.74, 6) is -2.15. The van der Waals surface area contributed by atoms with Crippen LogP contribution in [-0.4, -0.2) is 5.91 Å². The maximum atomic E-state index is 13.0. The highest BCUT2D eigenvalue weighted by atomic mass is 79.9. The minimum Gasteiger partial charge on any atom is -0.326 e. The summed E-state index contributed by atoms with van der Waals surface area (Å²) in [7, 11) is 0. The molecule has 2 aromatic rings. The molecule has 0 spiro atoms. The van der Waals surface area contributed by atoms with E-state index >= 15 is 0 Å². The van der Waals surface area contributed by atoms with Gasteiger partial charge in [-0.2, -0.15) is 0 Å². The largest absolute Gasteiger partial charge is 0.326 e. The summed E-state index contributed by atoms with van der Waals surface area (Å²) in [5.41, 5.74) is 1.07. The lowest BCUT2D eigenvalue weighted by Gasteiger charge is -2.05. The molecule has 0 saturated carbocycles. The fourth-order valence-corrected chi connectivity index (χ4v) is 1.84. The Hall–Kier alpha value is -1.75. The van der Waals surface area contributed by atoms with E-state index in [1.54, 1.807) is 24.3 Å². The highest BCUT2D eigenvalue weighted by Gasteiger charge is 2.07. The molecular formula is C14H10BrF2NO. The van der Waals surface area contributed by atoms with E-state index in [4.69, 9.17) is 0 Å². The molecule has 0 aliphatic heterocycles. The number of nitrogens with one attached hydrogen (secondary N) is 1. The quantitative estimate of drug-likeness (QED) is 0.910. The number of amides is 1. The maximum Gasteiger partial charge on any atom is 0.228 e. The summed E-state index contributed by atoms with van der Waals surface area (Å²) >= 11 is 3.29. The van der Waals surface area contributed by atoms with Gasteiger partial charge in [0.15, 0.2) is 11.6 Å². The summed E-state index contributed by atoms with van der Waals surface area (Å²) in [6, 6.07) is 10.5. The molecule has 0 heterocycles. The summed E-state index contributed by atoms with van der Waals surface area (Å²) in [6.07, 6.45) is -0.00668. The Bertz CT molecular complexity index is 599. The second kappa shape index (κ2) is 5.93. The Morgan fingerprint density at radius 3 is 2.37 bits per heavy atom. The molecule has 1 N–H and O–H groups in total. The van der Waals surface area contributed by atoms with Gasteiger partial charge in [-0.05, 0) is 42.0 Å². The number of rotatable bonds is 3. The Morgan fingerprint density at radius 1 is 1.05 bits per heavy atom. The van der Waals surface area contributed by atoms with Gasteiger partial charge in [0.1, 0.15) is 0 Å². The van der Waals surface area contributed by atoms with Crippen LogP contribution in [0.3, 0.4) is 0 Å². The average Bonchev–Trinajstić information content (AvgIpc) is 2.37. The van der Waals surface area contributed by atoms with Crippen molar-refractivity contribution in [1.29, 1.82) is 0 Å². The van der Waals surface area contributed by atoms with Crippen LogP contribution in [0.25, 0.3) is 0 Å². The van der Waals surface area contributed by atoms with Gasteiger partial charge < -0.3 is 5.32 Å². The summed E-state index contributed by atoms with van der Waals surface area (Å²) < 4.78 is 26.6. The fraction of sp³-hybridized carbons (Fsp3) is 0.0714. The standard InChI is InChI=1S/C14H10BrF2NO/c15-10-2-4-11(5-3-10)18-14(19)8-9-1-6-12(16)13(17)7-9/h1-7H,8H2,(H,18,19). The Labute approximate surface area is 117 Å². The fourth-order valence-electron chi connectivity index (χ4n) is 1.57. The molecule has 0 fully saturated rings. The van der Waals surface area contributed by atoms with Crippen molar-refractivity contribution in [2.45, 2.75) is 6.42 Å². The van der Waals surface area contributed by atoms with Crippen molar-refractivity contribution in [2.24, 2.45) is 0 Å². The van der Waals surface area contributed by atoms with E-state index in [1.165, 1.54) is 6.07 Å². The van der Waals surface area contributed by atoms with Crippen LogP contribution in [-0.2, 0) is 11.2 Å². The molecule has 0 atom stereocenters. The van der Waals surface area contributed by atoms with Crippen LogP contribution in [0.4, 0.5) is 14.5 Å². The van der Waals surface area contributed by atoms with Crippen molar-refractivity contribution in [3.8, 4) is 0 Å². The van der Waals surface area contributed by atoms with Gasteiger partial charge in [-0.1, -0.05) is 22.0 Å². The number of benzene rings is 2. The molecule has 0 aliphatic carbocycles. The first-order chi connectivity index (χ1) is 9.04. The van der Waals surface area contributed by atoms with Gasteiger partial charge in [-0.3, -0.25) is 4.79 Å². The number of carbonyl (C=O) groups is 1. The lowest BCUT2D eigenvalue weighted by Crippen LogP contribution is -2.14. The van der Waals surface area contributed by atoms with E-state index < -0.39 is 11.6 Å². The van der Waals surface area contributed by atoms with Crippen molar-refractivity contribution < 1.29 is 13.6 Å². The van der Waals surface area contributed by atoms with Gasteiger partial charge in [0.2, 0.25) is 5.91 Å². The van der Waals surface area contributed by atoms with Crippen LogP contribution in [0.1, 0.15) is 5.56 Å². The first-order valence-electron chi connectivity index (χ1n) is 5.54. The van der Waals surface area contributed by atoms with E-state index in [-0.39, 0.29) is 12.3 Å². The van der Waals surface area contributed by atoms with Crippen LogP contribution in [0, 0.1) is 11.6 Å². The van der Waals surface area contributed by atoms with Crippen molar-refractivity contribution in [1.82, 2.24) is 0 Å². The SMILES string of the molecule is O=C(Cc1ccc(F)c(F)c1)Nc1ccc(Br)cc1. The molecule has 19 heavy (non-hydrogen) atoms. The minimum absolute atomic E-state index is 0.00668. The number of halogens is 3. The molecule has 98 valence electrons. The van der Waals surface area contributed by atoms with Gasteiger partial charge in [-0.25, -0.2) is 8.78 Å². The van der Waals surface area contributed by atoms with E-state index in [2.05, 4.69) is 21.2 Å². The second-order valence-electron chi connectivity index (χ2n) is 3.98. The number of anilines is 1. The zero-order valence-electron chi connectivity index (χ0n) is 9.79.